The topological polar surface area (TPSA) is 29.3 Å². The smallest absolute Gasteiger partial charge is 0.0329 e. The standard InChI is InChI=1S/C14H30N2S/c1-5-7-14(6-2,12-15)16-9-8-13(3,4)17-11-10-16/h5-12,15H2,1-4H3. The van der Waals surface area contributed by atoms with Crippen LogP contribution in [0, 0.1) is 0 Å². The maximum absolute atomic E-state index is 6.11. The molecular weight excluding hydrogens is 228 g/mol. The van der Waals surface area contributed by atoms with Gasteiger partial charge < -0.3 is 5.73 Å². The summed E-state index contributed by atoms with van der Waals surface area (Å²) in [5.41, 5.74) is 6.36. The Hall–Kier alpha value is 0.270. The fourth-order valence-corrected chi connectivity index (χ4v) is 3.99. The molecule has 1 atom stereocenters. The van der Waals surface area contributed by atoms with E-state index in [9.17, 15) is 0 Å². The molecule has 2 N–H and O–H groups in total. The highest BCUT2D eigenvalue weighted by Gasteiger charge is 2.35. The van der Waals surface area contributed by atoms with Gasteiger partial charge in [0.2, 0.25) is 0 Å². The van der Waals surface area contributed by atoms with Crippen LogP contribution in [0.5, 0.6) is 0 Å². The molecular formula is C14H30N2S. The molecule has 1 unspecified atom stereocenters. The fourth-order valence-electron chi connectivity index (χ4n) is 2.89. The van der Waals surface area contributed by atoms with E-state index in [1.54, 1.807) is 0 Å². The minimum atomic E-state index is 0.260. The number of hydrogen-bond donors (Lipinski definition) is 1. The van der Waals surface area contributed by atoms with E-state index in [1.807, 2.05) is 0 Å². The number of thioether (sulfide) groups is 1. The molecule has 1 saturated heterocycles. The van der Waals surface area contributed by atoms with Crippen molar-refractivity contribution in [3.63, 3.8) is 0 Å². The molecule has 0 spiro atoms. The van der Waals surface area contributed by atoms with Crippen LogP contribution in [0.2, 0.25) is 0 Å². The van der Waals surface area contributed by atoms with Gasteiger partial charge in [0.25, 0.3) is 0 Å². The Kier molecular flexibility index (Phi) is 5.81. The van der Waals surface area contributed by atoms with Crippen LogP contribution in [-0.4, -0.2) is 40.6 Å². The second-order valence-corrected chi connectivity index (χ2v) is 7.68. The lowest BCUT2D eigenvalue weighted by Gasteiger charge is -2.43. The zero-order valence-electron chi connectivity index (χ0n) is 12.1. The Labute approximate surface area is 112 Å². The summed E-state index contributed by atoms with van der Waals surface area (Å²) in [5, 5.41) is 0. The summed E-state index contributed by atoms with van der Waals surface area (Å²) in [6.07, 6.45) is 4.94. The van der Waals surface area contributed by atoms with Gasteiger partial charge in [-0.2, -0.15) is 11.8 Å². The van der Waals surface area contributed by atoms with Crippen LogP contribution in [0.25, 0.3) is 0 Å². The Morgan fingerprint density at radius 2 is 2.00 bits per heavy atom. The Morgan fingerprint density at radius 3 is 2.53 bits per heavy atom. The van der Waals surface area contributed by atoms with Crippen LogP contribution in [0.15, 0.2) is 0 Å². The summed E-state index contributed by atoms with van der Waals surface area (Å²) in [7, 11) is 0. The summed E-state index contributed by atoms with van der Waals surface area (Å²) < 4.78 is 0.440. The molecule has 0 amide bonds. The monoisotopic (exact) mass is 258 g/mol. The van der Waals surface area contributed by atoms with Crippen molar-refractivity contribution in [2.45, 2.75) is 63.7 Å². The van der Waals surface area contributed by atoms with Gasteiger partial charge in [-0.3, -0.25) is 4.90 Å². The predicted octanol–water partition coefficient (Wildman–Crippen LogP) is 3.11. The van der Waals surface area contributed by atoms with Crippen LogP contribution in [0.4, 0.5) is 0 Å². The van der Waals surface area contributed by atoms with Gasteiger partial charge in [-0.25, -0.2) is 0 Å². The molecule has 1 aliphatic heterocycles. The largest absolute Gasteiger partial charge is 0.329 e. The second kappa shape index (κ2) is 6.44. The molecule has 0 radical (unpaired) electrons. The van der Waals surface area contributed by atoms with E-state index in [1.165, 1.54) is 44.5 Å². The average Bonchev–Trinajstić information content (AvgIpc) is 2.48. The fraction of sp³-hybridized carbons (Fsp3) is 1.00. The Morgan fingerprint density at radius 1 is 1.29 bits per heavy atom. The molecule has 0 saturated carbocycles. The van der Waals surface area contributed by atoms with Crippen LogP contribution in [-0.2, 0) is 0 Å². The normalized spacial score (nSPS) is 25.2. The molecule has 1 heterocycles. The van der Waals surface area contributed by atoms with Gasteiger partial charge in [0.1, 0.15) is 0 Å². The van der Waals surface area contributed by atoms with Gasteiger partial charge in [0, 0.05) is 35.7 Å². The third-order valence-corrected chi connectivity index (χ3v) is 5.63. The first kappa shape index (κ1) is 15.3. The first-order valence-electron chi connectivity index (χ1n) is 7.09. The van der Waals surface area contributed by atoms with Crippen molar-refractivity contribution < 1.29 is 0 Å². The van der Waals surface area contributed by atoms with Gasteiger partial charge in [-0.15, -0.1) is 0 Å². The van der Waals surface area contributed by atoms with Crippen molar-refractivity contribution in [1.29, 1.82) is 0 Å². The van der Waals surface area contributed by atoms with Crippen LogP contribution in [0.3, 0.4) is 0 Å². The molecule has 3 heteroatoms. The van der Waals surface area contributed by atoms with E-state index in [0.717, 1.165) is 6.54 Å². The van der Waals surface area contributed by atoms with E-state index in [2.05, 4.69) is 44.4 Å². The van der Waals surface area contributed by atoms with Gasteiger partial charge >= 0.3 is 0 Å². The molecule has 0 aliphatic carbocycles. The van der Waals surface area contributed by atoms with Crippen molar-refractivity contribution in [2.24, 2.45) is 5.73 Å². The van der Waals surface area contributed by atoms with Crippen molar-refractivity contribution in [1.82, 2.24) is 4.90 Å². The molecule has 1 aliphatic rings. The van der Waals surface area contributed by atoms with E-state index >= 15 is 0 Å². The molecule has 1 rings (SSSR count). The van der Waals surface area contributed by atoms with Crippen LogP contribution >= 0.6 is 11.8 Å². The Bertz CT molecular complexity index is 224. The van der Waals surface area contributed by atoms with Crippen LogP contribution in [0.1, 0.15) is 53.4 Å². The van der Waals surface area contributed by atoms with E-state index in [-0.39, 0.29) is 5.54 Å². The molecule has 2 nitrogen and oxygen atoms in total. The lowest BCUT2D eigenvalue weighted by molar-refractivity contribution is 0.0852. The number of nitrogens with zero attached hydrogens (tertiary/aromatic N) is 1. The van der Waals surface area contributed by atoms with Gasteiger partial charge in [-0.1, -0.05) is 34.1 Å². The van der Waals surface area contributed by atoms with Gasteiger partial charge in [0.05, 0.1) is 0 Å². The third-order valence-electron chi connectivity index (χ3n) is 4.26. The predicted molar refractivity (Wildman–Crippen MR) is 79.7 cm³/mol. The lowest BCUT2D eigenvalue weighted by Crippen LogP contribution is -2.54. The molecule has 102 valence electrons. The average molecular weight is 258 g/mol. The molecule has 0 bridgehead atoms. The maximum Gasteiger partial charge on any atom is 0.0329 e. The van der Waals surface area contributed by atoms with E-state index < -0.39 is 0 Å². The molecule has 0 aromatic heterocycles. The zero-order chi connectivity index (χ0) is 12.9. The zero-order valence-corrected chi connectivity index (χ0v) is 12.9. The molecule has 1 fully saturated rings. The highest BCUT2D eigenvalue weighted by molar-refractivity contribution is 8.00. The molecule has 0 aromatic rings. The minimum Gasteiger partial charge on any atom is -0.329 e. The summed E-state index contributed by atoms with van der Waals surface area (Å²) in [5.74, 6) is 1.25. The maximum atomic E-state index is 6.11. The van der Waals surface area contributed by atoms with Crippen molar-refractivity contribution in [3.8, 4) is 0 Å². The van der Waals surface area contributed by atoms with Gasteiger partial charge in [-0.05, 0) is 19.3 Å². The summed E-state index contributed by atoms with van der Waals surface area (Å²) in [4.78, 5) is 2.68. The first-order chi connectivity index (χ1) is 7.99. The van der Waals surface area contributed by atoms with Crippen molar-refractivity contribution in [3.05, 3.63) is 0 Å². The molecule has 17 heavy (non-hydrogen) atoms. The lowest BCUT2D eigenvalue weighted by atomic mass is 9.88. The van der Waals surface area contributed by atoms with E-state index in [0.29, 0.717) is 4.75 Å². The quantitative estimate of drug-likeness (QED) is 0.821. The highest BCUT2D eigenvalue weighted by Crippen LogP contribution is 2.34. The number of hydrogen-bond acceptors (Lipinski definition) is 3. The summed E-state index contributed by atoms with van der Waals surface area (Å²) >= 11 is 2.12. The first-order valence-corrected chi connectivity index (χ1v) is 8.07. The molecule has 0 aromatic carbocycles. The van der Waals surface area contributed by atoms with Gasteiger partial charge in [0.15, 0.2) is 0 Å². The number of rotatable bonds is 5. The highest BCUT2D eigenvalue weighted by atomic mass is 32.2. The third kappa shape index (κ3) is 3.87. The van der Waals surface area contributed by atoms with Crippen LogP contribution < -0.4 is 5.73 Å². The minimum absolute atomic E-state index is 0.260. The summed E-state index contributed by atoms with van der Waals surface area (Å²) in [6, 6.07) is 0. The van der Waals surface area contributed by atoms with Crippen molar-refractivity contribution in [2.75, 3.05) is 25.4 Å². The SMILES string of the molecule is CCCC(CC)(CN)N1CCSC(C)(C)CC1. The second-order valence-electron chi connectivity index (χ2n) is 5.88. The number of nitrogens with two attached hydrogens (primary N) is 1. The van der Waals surface area contributed by atoms with Crippen molar-refractivity contribution >= 4 is 11.8 Å². The Balaban J connectivity index is 2.74. The van der Waals surface area contributed by atoms with E-state index in [4.69, 9.17) is 5.73 Å². The summed E-state index contributed by atoms with van der Waals surface area (Å²) in [6.45, 7) is 12.5.